The quantitative estimate of drug-likeness (QED) is 0.881. The SMILES string of the molecule is CC(C)N1CCCC(Cc2ccc(N3CCC(C(N)=O)CC3)nn2)C1. The van der Waals surface area contributed by atoms with Crippen molar-refractivity contribution in [2.45, 2.75) is 52.0 Å². The van der Waals surface area contributed by atoms with Crippen molar-refractivity contribution in [2.75, 3.05) is 31.1 Å². The van der Waals surface area contributed by atoms with Gasteiger partial charge < -0.3 is 15.5 Å². The summed E-state index contributed by atoms with van der Waals surface area (Å²) < 4.78 is 0. The average Bonchev–Trinajstić information content (AvgIpc) is 2.63. The Morgan fingerprint density at radius 2 is 1.96 bits per heavy atom. The van der Waals surface area contributed by atoms with Gasteiger partial charge in [-0.3, -0.25) is 4.79 Å². The van der Waals surface area contributed by atoms with Crippen LogP contribution in [0.4, 0.5) is 5.82 Å². The van der Waals surface area contributed by atoms with Crippen LogP contribution in [-0.4, -0.2) is 53.2 Å². The molecule has 0 saturated carbocycles. The van der Waals surface area contributed by atoms with Gasteiger partial charge in [-0.05, 0) is 70.5 Å². The van der Waals surface area contributed by atoms with E-state index in [1.54, 1.807) is 0 Å². The number of nitrogens with zero attached hydrogens (tertiary/aromatic N) is 4. The molecule has 138 valence electrons. The monoisotopic (exact) mass is 345 g/mol. The number of carbonyl (C=O) groups is 1. The first kappa shape index (κ1) is 18.1. The van der Waals surface area contributed by atoms with E-state index in [2.05, 4.69) is 46.0 Å². The summed E-state index contributed by atoms with van der Waals surface area (Å²) in [6.45, 7) is 8.60. The van der Waals surface area contributed by atoms with E-state index in [4.69, 9.17) is 5.73 Å². The van der Waals surface area contributed by atoms with Crippen molar-refractivity contribution in [3.05, 3.63) is 17.8 Å². The minimum atomic E-state index is -0.177. The lowest BCUT2D eigenvalue weighted by molar-refractivity contribution is -0.122. The summed E-state index contributed by atoms with van der Waals surface area (Å²) >= 11 is 0. The highest BCUT2D eigenvalue weighted by Gasteiger charge is 2.25. The van der Waals surface area contributed by atoms with E-state index in [9.17, 15) is 4.79 Å². The molecule has 6 heteroatoms. The third-order valence-corrected chi connectivity index (χ3v) is 5.71. The molecule has 3 heterocycles. The van der Waals surface area contributed by atoms with Gasteiger partial charge >= 0.3 is 0 Å². The summed E-state index contributed by atoms with van der Waals surface area (Å²) in [5, 5.41) is 8.91. The maximum Gasteiger partial charge on any atom is 0.220 e. The zero-order valence-electron chi connectivity index (χ0n) is 15.5. The summed E-state index contributed by atoms with van der Waals surface area (Å²) in [7, 11) is 0. The van der Waals surface area contributed by atoms with Crippen molar-refractivity contribution in [3.63, 3.8) is 0 Å². The third kappa shape index (κ3) is 4.69. The number of piperidine rings is 2. The van der Waals surface area contributed by atoms with Crippen LogP contribution < -0.4 is 10.6 Å². The van der Waals surface area contributed by atoms with Crippen LogP contribution in [0.2, 0.25) is 0 Å². The summed E-state index contributed by atoms with van der Waals surface area (Å²) in [5.74, 6) is 1.43. The van der Waals surface area contributed by atoms with Gasteiger partial charge in [0, 0.05) is 31.6 Å². The molecule has 0 radical (unpaired) electrons. The molecular weight excluding hydrogens is 314 g/mol. The van der Waals surface area contributed by atoms with Crippen molar-refractivity contribution in [1.82, 2.24) is 15.1 Å². The number of aromatic nitrogens is 2. The van der Waals surface area contributed by atoms with Crippen molar-refractivity contribution in [3.8, 4) is 0 Å². The van der Waals surface area contributed by atoms with Gasteiger partial charge in [0.25, 0.3) is 0 Å². The van der Waals surface area contributed by atoms with Gasteiger partial charge in [0.1, 0.15) is 0 Å². The molecule has 2 saturated heterocycles. The largest absolute Gasteiger partial charge is 0.369 e. The number of carbonyl (C=O) groups excluding carboxylic acids is 1. The van der Waals surface area contributed by atoms with Gasteiger partial charge in [0.2, 0.25) is 5.91 Å². The molecule has 2 aliphatic heterocycles. The zero-order chi connectivity index (χ0) is 17.8. The van der Waals surface area contributed by atoms with Gasteiger partial charge in [-0.2, -0.15) is 5.10 Å². The second kappa shape index (κ2) is 8.13. The minimum absolute atomic E-state index is 0.0127. The fourth-order valence-corrected chi connectivity index (χ4v) is 4.05. The van der Waals surface area contributed by atoms with Crippen LogP contribution in [-0.2, 0) is 11.2 Å². The highest BCUT2D eigenvalue weighted by molar-refractivity contribution is 5.76. The predicted molar refractivity (Wildman–Crippen MR) is 99.3 cm³/mol. The lowest BCUT2D eigenvalue weighted by Gasteiger charge is -2.35. The maximum atomic E-state index is 11.3. The van der Waals surface area contributed by atoms with Crippen LogP contribution in [0.15, 0.2) is 12.1 Å². The van der Waals surface area contributed by atoms with E-state index < -0.39 is 0 Å². The Labute approximate surface area is 150 Å². The number of primary amides is 1. The smallest absolute Gasteiger partial charge is 0.220 e. The second-order valence-electron chi connectivity index (χ2n) is 7.85. The predicted octanol–water partition coefficient (Wildman–Crippen LogP) is 1.84. The second-order valence-corrected chi connectivity index (χ2v) is 7.85. The third-order valence-electron chi connectivity index (χ3n) is 5.71. The van der Waals surface area contributed by atoms with E-state index in [1.807, 2.05) is 0 Å². The number of nitrogens with two attached hydrogens (primary N) is 1. The van der Waals surface area contributed by atoms with Crippen LogP contribution in [0.25, 0.3) is 0 Å². The molecule has 0 aromatic carbocycles. The van der Waals surface area contributed by atoms with Crippen LogP contribution in [0.5, 0.6) is 0 Å². The Bertz CT molecular complexity index is 566. The molecule has 1 atom stereocenters. The highest BCUT2D eigenvalue weighted by atomic mass is 16.1. The van der Waals surface area contributed by atoms with E-state index in [1.165, 1.54) is 25.9 Å². The van der Waals surface area contributed by atoms with Gasteiger partial charge in [-0.25, -0.2) is 0 Å². The molecule has 0 spiro atoms. The lowest BCUT2D eigenvalue weighted by Crippen LogP contribution is -2.40. The number of hydrogen-bond donors (Lipinski definition) is 1. The van der Waals surface area contributed by atoms with Crippen molar-refractivity contribution in [2.24, 2.45) is 17.6 Å². The van der Waals surface area contributed by atoms with Gasteiger partial charge in [-0.1, -0.05) is 0 Å². The highest BCUT2D eigenvalue weighted by Crippen LogP contribution is 2.23. The molecule has 0 bridgehead atoms. The molecule has 1 aromatic heterocycles. The molecular formula is C19H31N5O. The number of anilines is 1. The summed E-state index contributed by atoms with van der Waals surface area (Å²) in [6, 6.07) is 4.83. The molecule has 25 heavy (non-hydrogen) atoms. The minimum Gasteiger partial charge on any atom is -0.369 e. The van der Waals surface area contributed by atoms with Crippen molar-refractivity contribution >= 4 is 11.7 Å². The van der Waals surface area contributed by atoms with Gasteiger partial charge in [0.15, 0.2) is 5.82 Å². The van der Waals surface area contributed by atoms with Crippen LogP contribution in [0.1, 0.15) is 45.2 Å². The van der Waals surface area contributed by atoms with Crippen LogP contribution in [0, 0.1) is 11.8 Å². The molecule has 1 unspecified atom stereocenters. The maximum absolute atomic E-state index is 11.3. The van der Waals surface area contributed by atoms with E-state index >= 15 is 0 Å². The normalized spacial score (nSPS) is 23.2. The first-order valence-electron chi connectivity index (χ1n) is 9.64. The Morgan fingerprint density at radius 1 is 1.20 bits per heavy atom. The van der Waals surface area contributed by atoms with Crippen molar-refractivity contribution < 1.29 is 4.79 Å². The Balaban J connectivity index is 1.53. The molecule has 3 rings (SSSR count). The fraction of sp³-hybridized carbons (Fsp3) is 0.737. The average molecular weight is 345 g/mol. The Hall–Kier alpha value is -1.69. The molecule has 0 aliphatic carbocycles. The first-order valence-corrected chi connectivity index (χ1v) is 9.64. The molecule has 2 fully saturated rings. The lowest BCUT2D eigenvalue weighted by atomic mass is 9.92. The number of likely N-dealkylation sites (tertiary alicyclic amines) is 1. The summed E-state index contributed by atoms with van der Waals surface area (Å²) in [4.78, 5) is 16.0. The van der Waals surface area contributed by atoms with Gasteiger partial charge in [0.05, 0.1) is 5.69 Å². The van der Waals surface area contributed by atoms with Crippen LogP contribution in [0.3, 0.4) is 0 Å². The fourth-order valence-electron chi connectivity index (χ4n) is 4.05. The molecule has 1 amide bonds. The number of hydrogen-bond acceptors (Lipinski definition) is 5. The standard InChI is InChI=1S/C19H31N5O/c1-14(2)24-9-3-4-15(13-24)12-17-5-6-18(22-21-17)23-10-7-16(8-11-23)19(20)25/h5-6,14-16H,3-4,7-13H2,1-2H3,(H2,20,25). The molecule has 1 aromatic rings. The summed E-state index contributed by atoms with van der Waals surface area (Å²) in [5.41, 5.74) is 6.49. The zero-order valence-corrected chi connectivity index (χ0v) is 15.5. The Kier molecular flexibility index (Phi) is 5.89. The Morgan fingerprint density at radius 3 is 2.56 bits per heavy atom. The van der Waals surface area contributed by atoms with E-state index in [-0.39, 0.29) is 11.8 Å². The molecule has 2 aliphatic rings. The number of rotatable bonds is 5. The van der Waals surface area contributed by atoms with E-state index in [0.29, 0.717) is 12.0 Å². The van der Waals surface area contributed by atoms with E-state index in [0.717, 1.165) is 43.9 Å². The number of amides is 1. The summed E-state index contributed by atoms with van der Waals surface area (Å²) in [6.07, 6.45) is 5.20. The first-order chi connectivity index (χ1) is 12.0. The van der Waals surface area contributed by atoms with Gasteiger partial charge in [-0.15, -0.1) is 5.10 Å². The molecule has 2 N–H and O–H groups in total. The topological polar surface area (TPSA) is 75.3 Å². The van der Waals surface area contributed by atoms with Crippen molar-refractivity contribution in [1.29, 1.82) is 0 Å². The van der Waals surface area contributed by atoms with Crippen LogP contribution >= 0.6 is 0 Å². The molecule has 6 nitrogen and oxygen atoms in total.